The normalized spacial score (nSPS) is 14.2. The lowest BCUT2D eigenvalue weighted by Gasteiger charge is -2.13. The maximum Gasteiger partial charge on any atom is 0.288 e. The Balaban J connectivity index is 1.56. The summed E-state index contributed by atoms with van der Waals surface area (Å²) >= 11 is 13.0. The van der Waals surface area contributed by atoms with Crippen LogP contribution in [0.3, 0.4) is 0 Å². The van der Waals surface area contributed by atoms with Crippen LogP contribution in [-0.4, -0.2) is 57.4 Å². The molecule has 1 aliphatic rings. The number of fused-ring (bicyclic) bond motifs is 1. The summed E-state index contributed by atoms with van der Waals surface area (Å²) in [7, 11) is 0. The molecule has 1 fully saturated rings. The summed E-state index contributed by atoms with van der Waals surface area (Å²) in [6.07, 6.45) is 1.28. The molecule has 1 aromatic carbocycles. The fraction of sp³-hybridized carbons (Fsp3) is 0.267. The first kappa shape index (κ1) is 18.7. The molecule has 0 radical (unpaired) electrons. The second-order valence-corrected chi connectivity index (χ2v) is 6.97. The van der Waals surface area contributed by atoms with Crippen LogP contribution in [0.5, 0.6) is 5.88 Å². The van der Waals surface area contributed by atoms with Gasteiger partial charge in [0.2, 0.25) is 11.8 Å². The van der Waals surface area contributed by atoms with E-state index in [-0.39, 0.29) is 42.5 Å². The summed E-state index contributed by atoms with van der Waals surface area (Å²) in [6, 6.07) is 3.15. The van der Waals surface area contributed by atoms with Gasteiger partial charge in [-0.15, -0.1) is 0 Å². The maximum absolute atomic E-state index is 11.9. The number of aromatic nitrogens is 2. The van der Waals surface area contributed by atoms with E-state index in [4.69, 9.17) is 27.9 Å². The fourth-order valence-electron chi connectivity index (χ4n) is 2.27. The van der Waals surface area contributed by atoms with Crippen molar-refractivity contribution in [1.82, 2.24) is 20.2 Å². The van der Waals surface area contributed by atoms with E-state index in [1.165, 1.54) is 6.33 Å². The molecule has 3 amide bonds. The van der Waals surface area contributed by atoms with Crippen LogP contribution in [-0.2, 0) is 9.59 Å². The van der Waals surface area contributed by atoms with E-state index in [0.29, 0.717) is 20.9 Å². The number of hydrogen-bond donors (Lipinski definition) is 1. The zero-order valence-corrected chi connectivity index (χ0v) is 15.5. The lowest BCUT2D eigenvalue weighted by molar-refractivity contribution is -0.126. The maximum atomic E-state index is 11.9. The Morgan fingerprint density at radius 1 is 1.31 bits per heavy atom. The lowest BCUT2D eigenvalue weighted by Crippen LogP contribution is -2.39. The van der Waals surface area contributed by atoms with E-state index in [9.17, 15) is 14.4 Å². The number of benzene rings is 1. The fourth-order valence-corrected chi connectivity index (χ4v) is 3.57. The van der Waals surface area contributed by atoms with E-state index in [1.54, 1.807) is 12.1 Å². The van der Waals surface area contributed by atoms with E-state index >= 15 is 0 Å². The predicted octanol–water partition coefficient (Wildman–Crippen LogP) is 2.13. The molecule has 0 aliphatic carbocycles. The van der Waals surface area contributed by atoms with Gasteiger partial charge in [-0.25, -0.2) is 9.97 Å². The molecule has 0 spiro atoms. The van der Waals surface area contributed by atoms with E-state index in [1.807, 2.05) is 0 Å². The van der Waals surface area contributed by atoms with Gasteiger partial charge in [-0.05, 0) is 12.1 Å². The van der Waals surface area contributed by atoms with Gasteiger partial charge in [0.05, 0.1) is 21.7 Å². The van der Waals surface area contributed by atoms with Crippen LogP contribution in [0.15, 0.2) is 18.5 Å². The van der Waals surface area contributed by atoms with Gasteiger partial charge in [0.1, 0.15) is 6.33 Å². The lowest BCUT2D eigenvalue weighted by atomic mass is 10.2. The smallest absolute Gasteiger partial charge is 0.288 e. The molecule has 2 aromatic rings. The van der Waals surface area contributed by atoms with Gasteiger partial charge in [-0.2, -0.15) is 0 Å². The van der Waals surface area contributed by atoms with Crippen molar-refractivity contribution < 1.29 is 19.1 Å². The average molecular weight is 415 g/mol. The number of thioether (sulfide) groups is 1. The van der Waals surface area contributed by atoms with Gasteiger partial charge in [0.25, 0.3) is 11.1 Å². The highest BCUT2D eigenvalue weighted by Crippen LogP contribution is 2.30. The minimum absolute atomic E-state index is 0.123. The third-order valence-electron chi connectivity index (χ3n) is 3.46. The highest BCUT2D eigenvalue weighted by atomic mass is 35.5. The Kier molecular flexibility index (Phi) is 5.80. The van der Waals surface area contributed by atoms with Gasteiger partial charge < -0.3 is 10.1 Å². The van der Waals surface area contributed by atoms with Crippen molar-refractivity contribution in [1.29, 1.82) is 0 Å². The number of nitrogens with zero attached hydrogens (tertiary/aromatic N) is 3. The predicted molar refractivity (Wildman–Crippen MR) is 97.6 cm³/mol. The number of ether oxygens (including phenoxy) is 1. The molecule has 0 bridgehead atoms. The molecular formula is C15H12Cl2N4O4S. The molecule has 26 heavy (non-hydrogen) atoms. The highest BCUT2D eigenvalue weighted by molar-refractivity contribution is 8.14. The van der Waals surface area contributed by atoms with Gasteiger partial charge in [0.15, 0.2) is 6.61 Å². The standard InChI is InChI=1S/C15H12Cl2N4O4S/c16-8-3-9-13(10(17)4-8)19-7-20-14(9)25-5-11(22)18-1-2-21-12(23)6-26-15(21)24/h3-4,7H,1-2,5-6H2,(H,18,22). The summed E-state index contributed by atoms with van der Waals surface area (Å²) < 4.78 is 5.42. The largest absolute Gasteiger partial charge is 0.467 e. The van der Waals surface area contributed by atoms with Crippen LogP contribution in [0.2, 0.25) is 10.0 Å². The van der Waals surface area contributed by atoms with Crippen LogP contribution in [0, 0.1) is 0 Å². The third-order valence-corrected chi connectivity index (χ3v) is 4.82. The Hall–Kier alpha value is -2.10. The molecule has 11 heteroatoms. The number of halogens is 2. The summed E-state index contributed by atoms with van der Waals surface area (Å²) in [4.78, 5) is 44.0. The zero-order valence-electron chi connectivity index (χ0n) is 13.2. The number of amides is 3. The Bertz CT molecular complexity index is 879. The van der Waals surface area contributed by atoms with Crippen molar-refractivity contribution in [3.05, 3.63) is 28.5 Å². The van der Waals surface area contributed by atoms with Gasteiger partial charge in [-0.1, -0.05) is 35.0 Å². The van der Waals surface area contributed by atoms with Crippen LogP contribution in [0.4, 0.5) is 4.79 Å². The molecule has 1 aromatic heterocycles. The summed E-state index contributed by atoms with van der Waals surface area (Å²) in [6.45, 7) is -0.0344. The SMILES string of the molecule is O=C(COc1ncnc2c(Cl)cc(Cl)cc12)NCCN1C(=O)CSC1=O. The first-order chi connectivity index (χ1) is 12.5. The molecule has 0 saturated carbocycles. The molecular weight excluding hydrogens is 403 g/mol. The third kappa shape index (κ3) is 4.17. The summed E-state index contributed by atoms with van der Waals surface area (Å²) in [5, 5.41) is 3.50. The number of rotatable bonds is 6. The second kappa shape index (κ2) is 8.07. The van der Waals surface area contributed by atoms with Crippen molar-refractivity contribution in [3.8, 4) is 5.88 Å². The first-order valence-electron chi connectivity index (χ1n) is 7.42. The molecule has 1 aliphatic heterocycles. The molecule has 1 saturated heterocycles. The Labute approximate surface area is 162 Å². The van der Waals surface area contributed by atoms with Gasteiger partial charge in [-0.3, -0.25) is 19.3 Å². The molecule has 136 valence electrons. The molecule has 1 N–H and O–H groups in total. The summed E-state index contributed by atoms with van der Waals surface area (Å²) in [5.41, 5.74) is 0.463. The van der Waals surface area contributed by atoms with Crippen molar-refractivity contribution in [2.24, 2.45) is 0 Å². The van der Waals surface area contributed by atoms with Crippen molar-refractivity contribution in [2.45, 2.75) is 0 Å². The number of imide groups is 1. The minimum atomic E-state index is -0.420. The van der Waals surface area contributed by atoms with Crippen LogP contribution < -0.4 is 10.1 Å². The van der Waals surface area contributed by atoms with Crippen molar-refractivity contribution in [2.75, 3.05) is 25.4 Å². The Morgan fingerprint density at radius 3 is 2.85 bits per heavy atom. The molecule has 2 heterocycles. The van der Waals surface area contributed by atoms with Crippen LogP contribution in [0.25, 0.3) is 10.9 Å². The minimum Gasteiger partial charge on any atom is -0.467 e. The summed E-state index contributed by atoms with van der Waals surface area (Å²) in [5.74, 6) is -0.360. The number of carbonyl (C=O) groups is 3. The topological polar surface area (TPSA) is 101 Å². The second-order valence-electron chi connectivity index (χ2n) is 5.20. The average Bonchev–Trinajstić information content (AvgIpc) is 2.92. The molecule has 8 nitrogen and oxygen atoms in total. The van der Waals surface area contributed by atoms with Crippen molar-refractivity contribution >= 4 is 62.9 Å². The van der Waals surface area contributed by atoms with Crippen LogP contribution in [0.1, 0.15) is 0 Å². The van der Waals surface area contributed by atoms with E-state index in [0.717, 1.165) is 16.7 Å². The highest BCUT2D eigenvalue weighted by Gasteiger charge is 2.29. The number of carbonyl (C=O) groups excluding carboxylic acids is 3. The number of hydrogen-bond acceptors (Lipinski definition) is 7. The zero-order chi connectivity index (χ0) is 18.7. The van der Waals surface area contributed by atoms with Gasteiger partial charge in [0, 0.05) is 18.1 Å². The monoisotopic (exact) mass is 414 g/mol. The van der Waals surface area contributed by atoms with Crippen molar-refractivity contribution in [3.63, 3.8) is 0 Å². The van der Waals surface area contributed by atoms with Gasteiger partial charge >= 0.3 is 0 Å². The quantitative estimate of drug-likeness (QED) is 0.771. The molecule has 0 unspecified atom stereocenters. The number of nitrogens with one attached hydrogen (secondary N) is 1. The van der Waals surface area contributed by atoms with Crippen LogP contribution >= 0.6 is 35.0 Å². The molecule has 0 atom stereocenters. The Morgan fingerprint density at radius 2 is 2.12 bits per heavy atom. The first-order valence-corrected chi connectivity index (χ1v) is 9.16. The molecule has 3 rings (SSSR count). The van der Waals surface area contributed by atoms with E-state index < -0.39 is 5.91 Å². The van der Waals surface area contributed by atoms with E-state index in [2.05, 4.69) is 15.3 Å².